The highest BCUT2D eigenvalue weighted by Crippen LogP contribution is 2.42. The molecule has 0 saturated carbocycles. The lowest BCUT2D eigenvalue weighted by Crippen LogP contribution is -1.96. The third kappa shape index (κ3) is 9.32. The quantitative estimate of drug-likeness (QED) is 0.130. The molecule has 16 aromatic rings. The largest absolute Gasteiger partial charge is 0.455 e. The van der Waals surface area contributed by atoms with Gasteiger partial charge in [0.25, 0.3) is 0 Å². The smallest absolute Gasteiger partial charge is 0.160 e. The van der Waals surface area contributed by atoms with E-state index in [1.165, 1.54) is 55.2 Å². The molecular weight excluding hydrogens is 1040 g/mol. The zero-order valence-electron chi connectivity index (χ0n) is 46.8. The highest BCUT2D eigenvalue weighted by molar-refractivity contribution is 6.12. The van der Waals surface area contributed by atoms with E-state index in [0.717, 1.165) is 100 Å². The summed E-state index contributed by atoms with van der Waals surface area (Å²) >= 11 is 0. The lowest BCUT2D eigenvalue weighted by molar-refractivity contribution is 0.670. The minimum atomic E-state index is 0.684. The summed E-state index contributed by atoms with van der Waals surface area (Å²) in [7, 11) is 0. The van der Waals surface area contributed by atoms with Crippen LogP contribution in [0.4, 0.5) is 0 Å². The van der Waals surface area contributed by atoms with Crippen molar-refractivity contribution in [2.75, 3.05) is 0 Å². The Morgan fingerprint density at radius 1 is 0.233 bits per heavy atom. The van der Waals surface area contributed by atoms with E-state index >= 15 is 0 Å². The van der Waals surface area contributed by atoms with Crippen LogP contribution in [-0.4, -0.2) is 14.5 Å². The fraction of sp³-hybridized carbons (Fsp3) is 0. The molecule has 0 fully saturated rings. The summed E-state index contributed by atoms with van der Waals surface area (Å²) in [5.41, 5.74) is 26.1. The molecule has 402 valence electrons. The molecule has 0 aliphatic heterocycles. The summed E-state index contributed by atoms with van der Waals surface area (Å²) in [4.78, 5) is 10.2. The molecule has 0 N–H and O–H groups in total. The summed E-state index contributed by atoms with van der Waals surface area (Å²) in [6.07, 6.45) is 0. The van der Waals surface area contributed by atoms with Crippen molar-refractivity contribution in [3.8, 4) is 117 Å². The Hall–Kier alpha value is -11.5. The standard InChI is InChI=1S/C82H53N3O/c1-4-18-54(19-5-1)60-24-14-27-63(46-60)64-28-16-29-65(48-64)67-42-45-79-74(50-67)71-32-10-12-34-78(71)85(79)70-43-40-56(41-44-70)61-25-15-30-66(47-61)69-51-73(81-75(52-69)72-33-11-13-35-80(72)86-81)57-38-36-55(37-39-57)62-26-17-31-68(49-62)82-83-76(58-20-6-2-7-21-58)53-77(84-82)59-22-8-3-9-23-59/h1-53H. The molecule has 4 nitrogen and oxygen atoms in total. The number of furan rings is 1. The van der Waals surface area contributed by atoms with Crippen molar-refractivity contribution in [3.05, 3.63) is 322 Å². The Morgan fingerprint density at radius 3 is 1.22 bits per heavy atom. The number of nitrogens with zero attached hydrogens (tertiary/aromatic N) is 3. The first-order chi connectivity index (χ1) is 42.6. The van der Waals surface area contributed by atoms with Crippen LogP contribution >= 0.6 is 0 Å². The van der Waals surface area contributed by atoms with Crippen LogP contribution in [0.3, 0.4) is 0 Å². The van der Waals surface area contributed by atoms with E-state index in [1.54, 1.807) is 0 Å². The van der Waals surface area contributed by atoms with Gasteiger partial charge < -0.3 is 8.98 Å². The molecule has 0 atom stereocenters. The van der Waals surface area contributed by atoms with Crippen molar-refractivity contribution in [1.82, 2.24) is 14.5 Å². The average Bonchev–Trinajstić information content (AvgIpc) is 3.05. The number of fused-ring (bicyclic) bond motifs is 6. The number of aromatic nitrogens is 3. The maximum atomic E-state index is 6.72. The first kappa shape index (κ1) is 50.3. The topological polar surface area (TPSA) is 43.9 Å². The van der Waals surface area contributed by atoms with Gasteiger partial charge in [-0.05, 0) is 151 Å². The van der Waals surface area contributed by atoms with Crippen molar-refractivity contribution >= 4 is 43.7 Å². The second-order valence-electron chi connectivity index (χ2n) is 22.1. The van der Waals surface area contributed by atoms with Gasteiger partial charge in [-0.2, -0.15) is 0 Å². The zero-order chi connectivity index (χ0) is 56.9. The summed E-state index contributed by atoms with van der Waals surface area (Å²) < 4.78 is 9.13. The molecular formula is C82H53N3O. The summed E-state index contributed by atoms with van der Waals surface area (Å²) in [6.45, 7) is 0. The van der Waals surface area contributed by atoms with E-state index < -0.39 is 0 Å². The van der Waals surface area contributed by atoms with Crippen LogP contribution in [0.2, 0.25) is 0 Å². The molecule has 3 heterocycles. The molecule has 0 saturated heterocycles. The van der Waals surface area contributed by atoms with Gasteiger partial charge in [0, 0.05) is 49.5 Å². The predicted molar refractivity (Wildman–Crippen MR) is 358 cm³/mol. The second-order valence-corrected chi connectivity index (χ2v) is 22.1. The molecule has 0 bridgehead atoms. The SMILES string of the molecule is c1ccc(-c2cccc(-c3cccc(-c4ccc5c(c4)c4ccccc4n5-c4ccc(-c5cccc(-c6cc(-c7ccc(-c8cccc(-c9nc(-c%10ccccc%10)cc(-c%10ccccc%10)n9)c8)cc7)c7oc8ccccc8c7c6)c5)cc4)c3)c2)cc1. The van der Waals surface area contributed by atoms with E-state index in [0.29, 0.717) is 5.82 Å². The fourth-order valence-corrected chi connectivity index (χ4v) is 12.5. The van der Waals surface area contributed by atoms with Gasteiger partial charge in [-0.15, -0.1) is 0 Å². The van der Waals surface area contributed by atoms with Gasteiger partial charge in [-0.25, -0.2) is 9.97 Å². The third-order valence-electron chi connectivity index (χ3n) is 16.8. The number of para-hydroxylation sites is 2. The van der Waals surface area contributed by atoms with E-state index in [1.807, 2.05) is 42.5 Å². The normalized spacial score (nSPS) is 11.5. The molecule has 0 unspecified atom stereocenters. The average molecular weight is 1100 g/mol. The summed E-state index contributed by atoms with van der Waals surface area (Å²) in [6, 6.07) is 115. The van der Waals surface area contributed by atoms with E-state index in [-0.39, 0.29) is 0 Å². The molecule has 0 aliphatic rings. The maximum absolute atomic E-state index is 6.72. The minimum Gasteiger partial charge on any atom is -0.455 e. The van der Waals surface area contributed by atoms with E-state index in [2.05, 4.69) is 284 Å². The van der Waals surface area contributed by atoms with Crippen LogP contribution in [0, 0.1) is 0 Å². The molecule has 3 aromatic heterocycles. The Kier molecular flexibility index (Phi) is 12.5. The number of hydrogen-bond acceptors (Lipinski definition) is 3. The molecule has 0 radical (unpaired) electrons. The van der Waals surface area contributed by atoms with Gasteiger partial charge in [0.2, 0.25) is 0 Å². The highest BCUT2D eigenvalue weighted by Gasteiger charge is 2.19. The van der Waals surface area contributed by atoms with Gasteiger partial charge in [-0.3, -0.25) is 0 Å². The van der Waals surface area contributed by atoms with E-state index in [9.17, 15) is 0 Å². The molecule has 4 heteroatoms. The molecule has 16 rings (SSSR count). The molecule has 0 spiro atoms. The minimum absolute atomic E-state index is 0.684. The van der Waals surface area contributed by atoms with Crippen molar-refractivity contribution in [1.29, 1.82) is 0 Å². The highest BCUT2D eigenvalue weighted by atomic mass is 16.3. The lowest BCUT2D eigenvalue weighted by Gasteiger charge is -2.12. The van der Waals surface area contributed by atoms with Crippen LogP contribution in [0.25, 0.3) is 161 Å². The Labute approximate surface area is 498 Å². The Balaban J connectivity index is 0.706. The first-order valence-electron chi connectivity index (χ1n) is 29.3. The molecule has 0 aliphatic carbocycles. The van der Waals surface area contributed by atoms with Gasteiger partial charge in [0.15, 0.2) is 5.82 Å². The maximum Gasteiger partial charge on any atom is 0.160 e. The first-order valence-corrected chi connectivity index (χ1v) is 29.3. The second kappa shape index (κ2) is 21.4. The molecule has 0 amide bonds. The fourth-order valence-electron chi connectivity index (χ4n) is 12.5. The molecule has 13 aromatic carbocycles. The monoisotopic (exact) mass is 1100 g/mol. The van der Waals surface area contributed by atoms with Crippen LogP contribution in [0.1, 0.15) is 0 Å². The predicted octanol–water partition coefficient (Wildman–Crippen LogP) is 22.1. The summed E-state index contributed by atoms with van der Waals surface area (Å²) in [5.74, 6) is 0.684. The Bertz CT molecular complexity index is 5140. The van der Waals surface area contributed by atoms with Crippen LogP contribution in [0.15, 0.2) is 326 Å². The lowest BCUT2D eigenvalue weighted by atomic mass is 9.93. The van der Waals surface area contributed by atoms with E-state index in [4.69, 9.17) is 14.4 Å². The van der Waals surface area contributed by atoms with Crippen molar-refractivity contribution in [3.63, 3.8) is 0 Å². The van der Waals surface area contributed by atoms with Gasteiger partial charge in [0.1, 0.15) is 11.2 Å². The number of benzene rings is 13. The van der Waals surface area contributed by atoms with Crippen LogP contribution in [0.5, 0.6) is 0 Å². The number of rotatable bonds is 11. The van der Waals surface area contributed by atoms with Crippen molar-refractivity contribution in [2.45, 2.75) is 0 Å². The van der Waals surface area contributed by atoms with Crippen molar-refractivity contribution in [2.24, 2.45) is 0 Å². The van der Waals surface area contributed by atoms with Crippen molar-refractivity contribution < 1.29 is 4.42 Å². The molecule has 86 heavy (non-hydrogen) atoms. The third-order valence-corrected chi connectivity index (χ3v) is 16.8. The zero-order valence-corrected chi connectivity index (χ0v) is 46.8. The van der Waals surface area contributed by atoms with Crippen LogP contribution in [-0.2, 0) is 0 Å². The number of hydrogen-bond donors (Lipinski definition) is 0. The summed E-state index contributed by atoms with van der Waals surface area (Å²) in [5, 5.41) is 4.63. The van der Waals surface area contributed by atoms with Crippen LogP contribution < -0.4 is 0 Å². The van der Waals surface area contributed by atoms with Gasteiger partial charge in [-0.1, -0.05) is 243 Å². The van der Waals surface area contributed by atoms with Gasteiger partial charge in [0.05, 0.1) is 22.4 Å². The Morgan fingerprint density at radius 2 is 0.628 bits per heavy atom. The van der Waals surface area contributed by atoms with Gasteiger partial charge >= 0.3 is 0 Å².